The molecule has 1 N–H and O–H groups in total. The summed E-state index contributed by atoms with van der Waals surface area (Å²) in [4.78, 5) is 0. The Labute approximate surface area is 185 Å². The van der Waals surface area contributed by atoms with Gasteiger partial charge in [0, 0.05) is 17.0 Å². The number of alkyl halides is 2. The summed E-state index contributed by atoms with van der Waals surface area (Å²) < 4.78 is 66.9. The predicted molar refractivity (Wildman–Crippen MR) is 104 cm³/mol. The first kappa shape index (κ1) is 21.3. The summed E-state index contributed by atoms with van der Waals surface area (Å²) in [6, 6.07) is 10.4. The lowest BCUT2D eigenvalue weighted by molar-refractivity contribution is -0.378. The van der Waals surface area contributed by atoms with Crippen molar-refractivity contribution in [1.82, 2.24) is 20.2 Å². The minimum absolute atomic E-state index is 0.0618. The minimum Gasteiger partial charge on any atom is -0.487 e. The van der Waals surface area contributed by atoms with E-state index in [1.165, 1.54) is 0 Å². The lowest BCUT2D eigenvalue weighted by Gasteiger charge is -2.72. The van der Waals surface area contributed by atoms with Crippen LogP contribution in [0.2, 0.25) is 0 Å². The van der Waals surface area contributed by atoms with Crippen molar-refractivity contribution < 1.29 is 27.4 Å². The van der Waals surface area contributed by atoms with Gasteiger partial charge in [-0.1, -0.05) is 0 Å². The molecule has 3 fully saturated rings. The van der Waals surface area contributed by atoms with Gasteiger partial charge in [-0.25, -0.2) is 22.2 Å². The second kappa shape index (κ2) is 6.99. The molecule has 2 aromatic carbocycles. The second-order valence-corrected chi connectivity index (χ2v) is 8.80. The fraction of sp³-hybridized carbons (Fsp3) is 0.364. The third kappa shape index (κ3) is 3.08. The van der Waals surface area contributed by atoms with Gasteiger partial charge in [-0.15, -0.1) is 5.10 Å². The number of benzene rings is 2. The Morgan fingerprint density at radius 3 is 2.39 bits per heavy atom. The number of ether oxygens (including phenoxy) is 1. The fourth-order valence-electron chi connectivity index (χ4n) is 5.09. The van der Waals surface area contributed by atoms with Crippen LogP contribution in [-0.2, 0) is 12.1 Å². The van der Waals surface area contributed by atoms with Crippen LogP contribution in [0, 0.1) is 28.4 Å². The number of halogens is 4. The molecule has 0 radical (unpaired) electrons. The molecular formula is C22H17F4N5O2. The zero-order valence-electron chi connectivity index (χ0n) is 17.1. The van der Waals surface area contributed by atoms with Crippen molar-refractivity contribution in [2.24, 2.45) is 5.41 Å². The highest BCUT2D eigenvalue weighted by Gasteiger charge is 2.83. The molecule has 7 nitrogen and oxygen atoms in total. The van der Waals surface area contributed by atoms with Crippen molar-refractivity contribution in [1.29, 1.82) is 5.26 Å². The predicted octanol–water partition coefficient (Wildman–Crippen LogP) is 3.35. The van der Waals surface area contributed by atoms with Crippen molar-refractivity contribution >= 4 is 0 Å². The van der Waals surface area contributed by atoms with Gasteiger partial charge in [0.2, 0.25) is 0 Å². The molecule has 170 valence electrons. The van der Waals surface area contributed by atoms with Crippen molar-refractivity contribution in [2.45, 2.75) is 42.9 Å². The number of aliphatic hydroxyl groups is 1. The van der Waals surface area contributed by atoms with Gasteiger partial charge >= 0.3 is 0 Å². The lowest BCUT2D eigenvalue weighted by atomic mass is 9.37. The maximum Gasteiger partial charge on any atom is 0.288 e. The maximum atomic E-state index is 16.0. The van der Waals surface area contributed by atoms with Crippen LogP contribution in [0.4, 0.5) is 17.6 Å². The Morgan fingerprint density at radius 2 is 1.82 bits per heavy atom. The first-order valence-electron chi connectivity index (χ1n) is 10.1. The third-order valence-electron chi connectivity index (χ3n) is 6.64. The molecule has 2 bridgehead atoms. The number of rotatable bonds is 7. The first-order valence-corrected chi connectivity index (χ1v) is 10.1. The number of aromatic nitrogens is 4. The molecule has 1 aromatic heterocycles. The monoisotopic (exact) mass is 459 g/mol. The Kier molecular flexibility index (Phi) is 4.52. The second-order valence-electron chi connectivity index (χ2n) is 8.80. The van der Waals surface area contributed by atoms with E-state index in [4.69, 9.17) is 10.00 Å². The standard InChI is InChI=1S/C22H17F4N5O2/c23-15-3-6-17(18(24)7-15)21(32,12-31-13-28-29-30-31)22(25,26)19-9-20(10-19,11-19)33-16-4-1-14(8-27)2-5-16/h1-7,13,32H,9-12H2. The normalized spacial score (nSPS) is 25.3. The van der Waals surface area contributed by atoms with Crippen LogP contribution in [0.15, 0.2) is 48.8 Å². The van der Waals surface area contributed by atoms with Crippen LogP contribution in [0.5, 0.6) is 5.75 Å². The summed E-state index contributed by atoms with van der Waals surface area (Å²) >= 11 is 0. The average molecular weight is 459 g/mol. The fourth-order valence-corrected chi connectivity index (χ4v) is 5.09. The van der Waals surface area contributed by atoms with Gasteiger partial charge in [-0.05, 0) is 66.1 Å². The number of nitriles is 1. The first-order chi connectivity index (χ1) is 15.6. The molecule has 0 saturated heterocycles. The van der Waals surface area contributed by atoms with E-state index in [0.717, 1.165) is 23.1 Å². The van der Waals surface area contributed by atoms with Crippen molar-refractivity contribution in [2.75, 3.05) is 0 Å². The molecular weight excluding hydrogens is 442 g/mol. The van der Waals surface area contributed by atoms with Crippen molar-refractivity contribution in [3.8, 4) is 11.8 Å². The third-order valence-corrected chi connectivity index (χ3v) is 6.64. The van der Waals surface area contributed by atoms with Crippen LogP contribution in [0.3, 0.4) is 0 Å². The van der Waals surface area contributed by atoms with Gasteiger partial charge < -0.3 is 9.84 Å². The smallest absolute Gasteiger partial charge is 0.288 e. The van der Waals surface area contributed by atoms with Gasteiger partial charge in [-0.2, -0.15) is 5.26 Å². The topological polar surface area (TPSA) is 96.8 Å². The molecule has 0 spiro atoms. The summed E-state index contributed by atoms with van der Waals surface area (Å²) in [6.07, 6.45) is 0.842. The molecule has 3 aliphatic carbocycles. The number of tetrazole rings is 1. The molecule has 6 rings (SSSR count). The Bertz CT molecular complexity index is 1220. The quantitative estimate of drug-likeness (QED) is 0.545. The van der Waals surface area contributed by atoms with Crippen LogP contribution >= 0.6 is 0 Å². The Morgan fingerprint density at radius 1 is 1.12 bits per heavy atom. The highest BCUT2D eigenvalue weighted by atomic mass is 19.3. The van der Waals surface area contributed by atoms with Crippen molar-refractivity contribution in [3.05, 3.63) is 71.6 Å². The zero-order valence-corrected chi connectivity index (χ0v) is 17.1. The summed E-state index contributed by atoms with van der Waals surface area (Å²) in [5.74, 6) is -5.62. The molecule has 3 aromatic rings. The molecule has 3 saturated carbocycles. The molecule has 0 amide bonds. The maximum absolute atomic E-state index is 16.0. The summed E-state index contributed by atoms with van der Waals surface area (Å²) in [5.41, 5.74) is -5.80. The lowest BCUT2D eigenvalue weighted by Crippen LogP contribution is -2.79. The van der Waals surface area contributed by atoms with Gasteiger partial charge in [0.25, 0.3) is 5.92 Å². The Balaban J connectivity index is 1.43. The number of nitrogens with zero attached hydrogens (tertiary/aromatic N) is 5. The van der Waals surface area contributed by atoms with Crippen LogP contribution < -0.4 is 4.74 Å². The number of hydrogen-bond acceptors (Lipinski definition) is 6. The van der Waals surface area contributed by atoms with E-state index in [-0.39, 0.29) is 19.3 Å². The molecule has 33 heavy (non-hydrogen) atoms. The van der Waals surface area contributed by atoms with E-state index in [2.05, 4.69) is 15.5 Å². The minimum atomic E-state index is -3.82. The highest BCUT2D eigenvalue weighted by Crippen LogP contribution is 2.76. The van der Waals surface area contributed by atoms with E-state index in [9.17, 15) is 13.9 Å². The van der Waals surface area contributed by atoms with Crippen LogP contribution in [-0.4, -0.2) is 36.8 Å². The largest absolute Gasteiger partial charge is 0.487 e. The average Bonchev–Trinajstić information content (AvgIpc) is 3.22. The van der Waals surface area contributed by atoms with Gasteiger partial charge in [0.15, 0.2) is 5.60 Å². The van der Waals surface area contributed by atoms with E-state index >= 15 is 8.78 Å². The summed E-state index contributed by atoms with van der Waals surface area (Å²) in [5, 5.41) is 30.5. The van der Waals surface area contributed by atoms with Crippen LogP contribution in [0.25, 0.3) is 0 Å². The van der Waals surface area contributed by atoms with Gasteiger partial charge in [0.05, 0.1) is 18.2 Å². The molecule has 1 heterocycles. The van der Waals surface area contributed by atoms with Crippen LogP contribution in [0.1, 0.15) is 30.4 Å². The van der Waals surface area contributed by atoms with E-state index in [0.29, 0.717) is 17.4 Å². The molecule has 11 heteroatoms. The van der Waals surface area contributed by atoms with Gasteiger partial charge in [-0.3, -0.25) is 0 Å². The SMILES string of the molecule is N#Cc1ccc(OC23CC(C(F)(F)C(O)(Cn4cnnn4)c4ccc(F)cc4F)(C2)C3)cc1. The molecule has 1 atom stereocenters. The summed E-state index contributed by atoms with van der Waals surface area (Å²) in [6.45, 7) is -0.833. The van der Waals surface area contributed by atoms with Gasteiger partial charge in [0.1, 0.15) is 29.3 Å². The molecule has 0 aliphatic heterocycles. The molecule has 3 aliphatic rings. The molecule has 1 unspecified atom stereocenters. The number of hydrogen-bond donors (Lipinski definition) is 1. The Hall–Kier alpha value is -3.52. The van der Waals surface area contributed by atoms with Crippen molar-refractivity contribution in [3.63, 3.8) is 0 Å². The van der Waals surface area contributed by atoms with E-state index < -0.39 is 46.3 Å². The van der Waals surface area contributed by atoms with E-state index in [1.54, 1.807) is 24.3 Å². The van der Waals surface area contributed by atoms with E-state index in [1.807, 2.05) is 6.07 Å². The zero-order chi connectivity index (χ0) is 23.5. The highest BCUT2D eigenvalue weighted by molar-refractivity contribution is 5.38. The summed E-state index contributed by atoms with van der Waals surface area (Å²) in [7, 11) is 0.